The number of thiocarbonyl (C=S) groups is 1. The maximum absolute atomic E-state index is 11.8. The Kier molecular flexibility index (Phi) is 4.71. The molecular weight excluding hydrogens is 220 g/mol. The molecule has 3 N–H and O–H groups in total. The van der Waals surface area contributed by atoms with Crippen LogP contribution in [0.5, 0.6) is 0 Å². The largest absolute Gasteiger partial charge is 0.393 e. The van der Waals surface area contributed by atoms with Crippen molar-refractivity contribution in [1.29, 1.82) is 0 Å². The lowest BCUT2D eigenvalue weighted by molar-refractivity contribution is -0.123. The molecule has 1 fully saturated rings. The van der Waals surface area contributed by atoms with Gasteiger partial charge in [0.25, 0.3) is 0 Å². The highest BCUT2D eigenvalue weighted by Crippen LogP contribution is 2.36. The number of nitrogens with two attached hydrogens (primary N) is 1. The summed E-state index contributed by atoms with van der Waals surface area (Å²) in [6, 6.07) is 0. The van der Waals surface area contributed by atoms with Crippen molar-refractivity contribution in [2.24, 2.45) is 17.1 Å². The molecule has 4 heteroatoms. The Hall–Kier alpha value is -0.640. The highest BCUT2D eigenvalue weighted by molar-refractivity contribution is 7.80. The standard InChI is InChI=1S/C12H22N2OS/c1-3-9(10(13)16)11(15)14-8-12(2)6-4-5-7-12/h9H,3-8H2,1-2H3,(H2,13,16)(H,14,15). The van der Waals surface area contributed by atoms with Crippen molar-refractivity contribution in [3.8, 4) is 0 Å². The van der Waals surface area contributed by atoms with Crippen LogP contribution in [0.2, 0.25) is 0 Å². The van der Waals surface area contributed by atoms with Crippen LogP contribution in [0, 0.1) is 11.3 Å². The van der Waals surface area contributed by atoms with Crippen molar-refractivity contribution in [2.45, 2.75) is 46.0 Å². The third-order valence-corrected chi connectivity index (χ3v) is 3.85. The SMILES string of the molecule is CCC(C(=O)NCC1(C)CCCC1)C(N)=S. The highest BCUT2D eigenvalue weighted by atomic mass is 32.1. The second-order valence-corrected chi connectivity index (χ2v) is 5.57. The van der Waals surface area contributed by atoms with Crippen molar-refractivity contribution in [3.05, 3.63) is 0 Å². The van der Waals surface area contributed by atoms with Crippen LogP contribution in [0.15, 0.2) is 0 Å². The van der Waals surface area contributed by atoms with Gasteiger partial charge in [-0.3, -0.25) is 4.79 Å². The zero-order valence-corrected chi connectivity index (χ0v) is 11.0. The van der Waals surface area contributed by atoms with Gasteiger partial charge in [0.15, 0.2) is 0 Å². The molecule has 1 rings (SSSR count). The van der Waals surface area contributed by atoms with E-state index in [1.807, 2.05) is 6.92 Å². The predicted molar refractivity (Wildman–Crippen MR) is 70.2 cm³/mol. The van der Waals surface area contributed by atoms with Crippen LogP contribution in [0.3, 0.4) is 0 Å². The lowest BCUT2D eigenvalue weighted by atomic mass is 9.88. The summed E-state index contributed by atoms with van der Waals surface area (Å²) in [5.41, 5.74) is 5.82. The molecule has 1 aliphatic carbocycles. The molecule has 0 spiro atoms. The van der Waals surface area contributed by atoms with Gasteiger partial charge in [-0.15, -0.1) is 0 Å². The number of carbonyl (C=O) groups excluding carboxylic acids is 1. The minimum Gasteiger partial charge on any atom is -0.393 e. The third kappa shape index (κ3) is 3.44. The van der Waals surface area contributed by atoms with Crippen LogP contribution in [-0.4, -0.2) is 17.4 Å². The second-order valence-electron chi connectivity index (χ2n) is 5.10. The summed E-state index contributed by atoms with van der Waals surface area (Å²) < 4.78 is 0. The Morgan fingerprint density at radius 2 is 2.06 bits per heavy atom. The summed E-state index contributed by atoms with van der Waals surface area (Å²) in [6.45, 7) is 4.92. The average molecular weight is 242 g/mol. The van der Waals surface area contributed by atoms with E-state index in [1.54, 1.807) is 0 Å². The van der Waals surface area contributed by atoms with Gasteiger partial charge >= 0.3 is 0 Å². The van der Waals surface area contributed by atoms with Gasteiger partial charge in [0.05, 0.1) is 10.9 Å². The van der Waals surface area contributed by atoms with E-state index in [0.717, 1.165) is 6.54 Å². The molecule has 0 radical (unpaired) electrons. The number of amides is 1. The zero-order valence-electron chi connectivity index (χ0n) is 10.2. The Labute approximate surface area is 103 Å². The number of hydrogen-bond acceptors (Lipinski definition) is 2. The first kappa shape index (κ1) is 13.4. The first-order valence-electron chi connectivity index (χ1n) is 6.05. The van der Waals surface area contributed by atoms with E-state index in [1.165, 1.54) is 25.7 Å². The Morgan fingerprint density at radius 3 is 2.50 bits per heavy atom. The first-order valence-corrected chi connectivity index (χ1v) is 6.46. The van der Waals surface area contributed by atoms with Crippen LogP contribution in [0.25, 0.3) is 0 Å². The van der Waals surface area contributed by atoms with Gasteiger partial charge in [-0.05, 0) is 24.7 Å². The van der Waals surface area contributed by atoms with E-state index in [2.05, 4.69) is 12.2 Å². The topological polar surface area (TPSA) is 55.1 Å². The maximum atomic E-state index is 11.8. The summed E-state index contributed by atoms with van der Waals surface area (Å²) >= 11 is 4.89. The van der Waals surface area contributed by atoms with Gasteiger partial charge in [-0.1, -0.05) is 38.9 Å². The van der Waals surface area contributed by atoms with E-state index in [-0.39, 0.29) is 17.2 Å². The maximum Gasteiger partial charge on any atom is 0.229 e. The molecule has 0 bridgehead atoms. The van der Waals surface area contributed by atoms with Crippen molar-refractivity contribution in [3.63, 3.8) is 0 Å². The van der Waals surface area contributed by atoms with Crippen molar-refractivity contribution in [2.75, 3.05) is 6.54 Å². The smallest absolute Gasteiger partial charge is 0.229 e. The third-order valence-electron chi connectivity index (χ3n) is 3.57. The Bertz CT molecular complexity index is 272. The van der Waals surface area contributed by atoms with Gasteiger partial charge in [-0.2, -0.15) is 0 Å². The quantitative estimate of drug-likeness (QED) is 0.725. The summed E-state index contributed by atoms with van der Waals surface area (Å²) in [7, 11) is 0. The van der Waals surface area contributed by atoms with Crippen LogP contribution in [0.1, 0.15) is 46.0 Å². The zero-order chi connectivity index (χ0) is 12.2. The van der Waals surface area contributed by atoms with E-state index >= 15 is 0 Å². The Balaban J connectivity index is 2.42. The molecule has 0 aromatic heterocycles. The summed E-state index contributed by atoms with van der Waals surface area (Å²) in [4.78, 5) is 12.1. The number of nitrogens with one attached hydrogen (secondary N) is 1. The molecule has 1 atom stereocenters. The molecule has 92 valence electrons. The molecule has 1 saturated carbocycles. The van der Waals surface area contributed by atoms with E-state index in [0.29, 0.717) is 11.4 Å². The van der Waals surface area contributed by atoms with Crippen molar-refractivity contribution in [1.82, 2.24) is 5.32 Å². The number of rotatable bonds is 5. The fourth-order valence-electron chi connectivity index (χ4n) is 2.34. The fourth-order valence-corrected chi connectivity index (χ4v) is 2.62. The minimum atomic E-state index is -0.306. The molecule has 0 aliphatic heterocycles. The van der Waals surface area contributed by atoms with Gasteiger partial charge in [0, 0.05) is 6.54 Å². The van der Waals surface area contributed by atoms with E-state index < -0.39 is 0 Å². The molecule has 0 heterocycles. The van der Waals surface area contributed by atoms with Crippen LogP contribution in [0.4, 0.5) is 0 Å². The number of hydrogen-bond donors (Lipinski definition) is 2. The molecule has 1 unspecified atom stereocenters. The van der Waals surface area contributed by atoms with Crippen LogP contribution in [-0.2, 0) is 4.79 Å². The summed E-state index contributed by atoms with van der Waals surface area (Å²) in [6.07, 6.45) is 5.64. The highest BCUT2D eigenvalue weighted by Gasteiger charge is 2.30. The predicted octanol–water partition coefficient (Wildman–Crippen LogP) is 2.00. The van der Waals surface area contributed by atoms with Crippen molar-refractivity contribution >= 4 is 23.1 Å². The fraction of sp³-hybridized carbons (Fsp3) is 0.833. The molecule has 0 saturated heterocycles. The molecule has 1 amide bonds. The molecule has 0 aromatic rings. The Morgan fingerprint density at radius 1 is 1.50 bits per heavy atom. The molecule has 1 aliphatic rings. The van der Waals surface area contributed by atoms with Crippen molar-refractivity contribution < 1.29 is 4.79 Å². The number of carbonyl (C=O) groups is 1. The first-order chi connectivity index (χ1) is 7.48. The van der Waals surface area contributed by atoms with Gasteiger partial charge in [0.1, 0.15) is 0 Å². The minimum absolute atomic E-state index is 0.0110. The summed E-state index contributed by atoms with van der Waals surface area (Å²) in [5.74, 6) is -0.317. The molecular formula is C12H22N2OS. The molecule has 16 heavy (non-hydrogen) atoms. The van der Waals surface area contributed by atoms with E-state index in [9.17, 15) is 4.79 Å². The monoisotopic (exact) mass is 242 g/mol. The van der Waals surface area contributed by atoms with Gasteiger partial charge < -0.3 is 11.1 Å². The summed E-state index contributed by atoms with van der Waals surface area (Å²) in [5, 5.41) is 2.99. The molecule has 0 aromatic carbocycles. The lowest BCUT2D eigenvalue weighted by Gasteiger charge is -2.25. The van der Waals surface area contributed by atoms with Gasteiger partial charge in [0.2, 0.25) is 5.91 Å². The normalized spacial score (nSPS) is 20.4. The van der Waals surface area contributed by atoms with Crippen LogP contribution >= 0.6 is 12.2 Å². The molecule has 3 nitrogen and oxygen atoms in total. The average Bonchev–Trinajstić information content (AvgIpc) is 2.63. The van der Waals surface area contributed by atoms with Gasteiger partial charge in [-0.25, -0.2) is 0 Å². The lowest BCUT2D eigenvalue weighted by Crippen LogP contribution is -2.41. The van der Waals surface area contributed by atoms with E-state index in [4.69, 9.17) is 18.0 Å². The van der Waals surface area contributed by atoms with Crippen LogP contribution < -0.4 is 11.1 Å². The second kappa shape index (κ2) is 5.62.